The average molecular weight is 260 g/mol. The molecule has 0 bridgehead atoms. The maximum atomic E-state index is 12.3. The molecule has 3 heteroatoms. The van der Waals surface area contributed by atoms with Crippen LogP contribution in [0, 0.1) is 11.3 Å². The number of rotatable bonds is 5. The molecule has 1 N–H and O–H groups in total. The van der Waals surface area contributed by atoms with E-state index in [-0.39, 0.29) is 23.3 Å². The quantitative estimate of drug-likeness (QED) is 0.749. The second kappa shape index (κ2) is 6.63. The summed E-state index contributed by atoms with van der Waals surface area (Å²) in [4.78, 5) is 12.3. The predicted molar refractivity (Wildman–Crippen MR) is 73.3 cm³/mol. The van der Waals surface area contributed by atoms with Crippen molar-refractivity contribution in [2.75, 3.05) is 5.88 Å². The number of alkyl halides is 1. The van der Waals surface area contributed by atoms with Gasteiger partial charge in [-0.05, 0) is 31.1 Å². The number of amides is 1. The van der Waals surface area contributed by atoms with E-state index in [4.69, 9.17) is 11.6 Å². The second-order valence-electron chi connectivity index (χ2n) is 5.88. The van der Waals surface area contributed by atoms with Gasteiger partial charge >= 0.3 is 0 Å². The first-order valence-corrected chi connectivity index (χ1v) is 7.41. The predicted octanol–water partition coefficient (Wildman–Crippen LogP) is 3.73. The van der Waals surface area contributed by atoms with Crippen molar-refractivity contribution in [2.24, 2.45) is 11.3 Å². The van der Waals surface area contributed by atoms with Gasteiger partial charge < -0.3 is 5.32 Å². The van der Waals surface area contributed by atoms with Gasteiger partial charge in [0.15, 0.2) is 0 Å². The summed E-state index contributed by atoms with van der Waals surface area (Å²) in [6, 6.07) is 0.248. The largest absolute Gasteiger partial charge is 0.353 e. The lowest BCUT2D eigenvalue weighted by Gasteiger charge is -2.38. The minimum absolute atomic E-state index is 0.154. The van der Waals surface area contributed by atoms with Crippen molar-refractivity contribution < 1.29 is 4.79 Å². The Morgan fingerprint density at radius 1 is 1.47 bits per heavy atom. The van der Waals surface area contributed by atoms with Crippen LogP contribution in [0.5, 0.6) is 0 Å². The van der Waals surface area contributed by atoms with Gasteiger partial charge in [-0.3, -0.25) is 4.79 Å². The SMILES string of the molecule is CCC(CCCl)NC(=O)C1CCCCC1(C)C. The lowest BCUT2D eigenvalue weighted by atomic mass is 9.68. The van der Waals surface area contributed by atoms with Gasteiger partial charge in [-0.15, -0.1) is 11.6 Å². The fourth-order valence-electron chi connectivity index (χ4n) is 2.79. The van der Waals surface area contributed by atoms with Crippen LogP contribution < -0.4 is 5.32 Å². The standard InChI is InChI=1S/C14H26ClNO/c1-4-11(8-10-15)16-13(17)12-7-5-6-9-14(12,2)3/h11-12H,4-10H2,1-3H3,(H,16,17). The van der Waals surface area contributed by atoms with Gasteiger partial charge in [-0.1, -0.05) is 33.6 Å². The molecule has 0 aromatic heterocycles. The summed E-state index contributed by atoms with van der Waals surface area (Å²) in [5.41, 5.74) is 0.154. The highest BCUT2D eigenvalue weighted by Gasteiger charge is 2.37. The van der Waals surface area contributed by atoms with Crippen LogP contribution in [0.3, 0.4) is 0 Å². The van der Waals surface area contributed by atoms with E-state index in [1.54, 1.807) is 0 Å². The molecule has 1 amide bonds. The van der Waals surface area contributed by atoms with E-state index in [9.17, 15) is 4.79 Å². The molecule has 1 aliphatic carbocycles. The topological polar surface area (TPSA) is 29.1 Å². The van der Waals surface area contributed by atoms with E-state index < -0.39 is 0 Å². The van der Waals surface area contributed by atoms with Crippen LogP contribution in [-0.4, -0.2) is 17.8 Å². The van der Waals surface area contributed by atoms with Crippen LogP contribution in [0.2, 0.25) is 0 Å². The Balaban J connectivity index is 2.55. The molecule has 1 aliphatic rings. The van der Waals surface area contributed by atoms with Gasteiger partial charge in [-0.25, -0.2) is 0 Å². The molecule has 17 heavy (non-hydrogen) atoms. The first-order valence-electron chi connectivity index (χ1n) is 6.87. The third-order valence-electron chi connectivity index (χ3n) is 4.12. The smallest absolute Gasteiger partial charge is 0.223 e. The highest BCUT2D eigenvalue weighted by atomic mass is 35.5. The summed E-state index contributed by atoms with van der Waals surface area (Å²) in [6.45, 7) is 6.54. The fraction of sp³-hybridized carbons (Fsp3) is 0.929. The first-order chi connectivity index (χ1) is 8.01. The molecular formula is C14H26ClNO. The van der Waals surface area contributed by atoms with E-state index in [2.05, 4.69) is 26.1 Å². The van der Waals surface area contributed by atoms with E-state index in [0.717, 1.165) is 25.7 Å². The lowest BCUT2D eigenvalue weighted by Crippen LogP contribution is -2.45. The summed E-state index contributed by atoms with van der Waals surface area (Å²) in [5.74, 6) is 1.04. The van der Waals surface area contributed by atoms with Crippen LogP contribution in [0.1, 0.15) is 59.3 Å². The summed E-state index contributed by atoms with van der Waals surface area (Å²) in [5, 5.41) is 3.17. The van der Waals surface area contributed by atoms with Crippen LogP contribution >= 0.6 is 11.6 Å². The highest BCUT2D eigenvalue weighted by Crippen LogP contribution is 2.40. The van der Waals surface area contributed by atoms with Crippen molar-refractivity contribution in [1.29, 1.82) is 0 Å². The Morgan fingerprint density at radius 3 is 2.71 bits per heavy atom. The van der Waals surface area contributed by atoms with Crippen molar-refractivity contribution >= 4 is 17.5 Å². The summed E-state index contributed by atoms with van der Waals surface area (Å²) in [7, 11) is 0. The lowest BCUT2D eigenvalue weighted by molar-refractivity contribution is -0.131. The molecule has 0 aromatic rings. The summed E-state index contributed by atoms with van der Waals surface area (Å²) < 4.78 is 0. The summed E-state index contributed by atoms with van der Waals surface area (Å²) in [6.07, 6.45) is 6.49. The van der Waals surface area contributed by atoms with Crippen LogP contribution in [-0.2, 0) is 4.79 Å². The third-order valence-corrected chi connectivity index (χ3v) is 4.34. The number of carbonyl (C=O) groups excluding carboxylic acids is 1. The van der Waals surface area contributed by atoms with Crippen molar-refractivity contribution in [3.8, 4) is 0 Å². The molecule has 0 radical (unpaired) electrons. The molecule has 0 saturated heterocycles. The molecule has 1 fully saturated rings. The van der Waals surface area contributed by atoms with Crippen molar-refractivity contribution in [2.45, 2.75) is 65.3 Å². The zero-order valence-corrected chi connectivity index (χ0v) is 12.1. The van der Waals surface area contributed by atoms with Crippen LogP contribution in [0.25, 0.3) is 0 Å². The van der Waals surface area contributed by atoms with E-state index >= 15 is 0 Å². The zero-order chi connectivity index (χ0) is 12.9. The number of hydrogen-bond donors (Lipinski definition) is 1. The van der Waals surface area contributed by atoms with Gasteiger partial charge in [-0.2, -0.15) is 0 Å². The molecule has 1 saturated carbocycles. The molecule has 2 atom stereocenters. The molecule has 2 nitrogen and oxygen atoms in total. The monoisotopic (exact) mass is 259 g/mol. The Hall–Kier alpha value is -0.240. The molecular weight excluding hydrogens is 234 g/mol. The van der Waals surface area contributed by atoms with Crippen LogP contribution in [0.15, 0.2) is 0 Å². The normalized spacial score (nSPS) is 25.3. The van der Waals surface area contributed by atoms with Gasteiger partial charge in [0.05, 0.1) is 0 Å². The Labute approximate surface area is 110 Å². The molecule has 0 aliphatic heterocycles. The number of nitrogens with one attached hydrogen (secondary N) is 1. The third kappa shape index (κ3) is 4.17. The molecule has 0 spiro atoms. The van der Waals surface area contributed by atoms with Crippen molar-refractivity contribution in [1.82, 2.24) is 5.32 Å². The molecule has 0 heterocycles. The number of carbonyl (C=O) groups is 1. The van der Waals surface area contributed by atoms with Gasteiger partial charge in [0, 0.05) is 17.8 Å². The Morgan fingerprint density at radius 2 is 2.18 bits per heavy atom. The van der Waals surface area contributed by atoms with Gasteiger partial charge in [0.2, 0.25) is 5.91 Å². The average Bonchev–Trinajstić information content (AvgIpc) is 2.27. The summed E-state index contributed by atoms with van der Waals surface area (Å²) >= 11 is 5.75. The molecule has 0 aromatic carbocycles. The van der Waals surface area contributed by atoms with E-state index in [1.165, 1.54) is 12.8 Å². The van der Waals surface area contributed by atoms with Crippen LogP contribution in [0.4, 0.5) is 0 Å². The molecule has 2 unspecified atom stereocenters. The maximum Gasteiger partial charge on any atom is 0.223 e. The van der Waals surface area contributed by atoms with E-state index in [1.807, 2.05) is 0 Å². The maximum absolute atomic E-state index is 12.3. The number of hydrogen-bond acceptors (Lipinski definition) is 1. The van der Waals surface area contributed by atoms with E-state index in [0.29, 0.717) is 5.88 Å². The zero-order valence-electron chi connectivity index (χ0n) is 11.4. The minimum Gasteiger partial charge on any atom is -0.353 e. The fourth-order valence-corrected chi connectivity index (χ4v) is 3.06. The van der Waals surface area contributed by atoms with Gasteiger partial charge in [0.1, 0.15) is 0 Å². The first kappa shape index (κ1) is 14.8. The Kier molecular flexibility index (Phi) is 5.78. The highest BCUT2D eigenvalue weighted by molar-refractivity contribution is 6.17. The Bertz CT molecular complexity index is 253. The second-order valence-corrected chi connectivity index (χ2v) is 6.26. The molecule has 1 rings (SSSR count). The van der Waals surface area contributed by atoms with Gasteiger partial charge in [0.25, 0.3) is 0 Å². The number of halogens is 1. The molecule has 100 valence electrons. The van der Waals surface area contributed by atoms with Crippen molar-refractivity contribution in [3.05, 3.63) is 0 Å². The minimum atomic E-state index is 0.154. The van der Waals surface area contributed by atoms with Crippen molar-refractivity contribution in [3.63, 3.8) is 0 Å².